The van der Waals surface area contributed by atoms with E-state index in [9.17, 15) is 9.59 Å². The van der Waals surface area contributed by atoms with Crippen LogP contribution in [0.1, 0.15) is 34.2 Å². The lowest BCUT2D eigenvalue weighted by molar-refractivity contribution is -0.113. The van der Waals surface area contributed by atoms with Crippen LogP contribution in [0.3, 0.4) is 0 Å². The van der Waals surface area contributed by atoms with Gasteiger partial charge < -0.3 is 19.4 Å². The largest absolute Gasteiger partial charge is 0.485 e. The van der Waals surface area contributed by atoms with Crippen molar-refractivity contribution in [2.45, 2.75) is 39.1 Å². The fourth-order valence-electron chi connectivity index (χ4n) is 3.76. The van der Waals surface area contributed by atoms with Crippen molar-refractivity contribution >= 4 is 51.6 Å². The Bertz CT molecular complexity index is 1450. The topological polar surface area (TPSA) is 95.3 Å². The molecule has 2 heterocycles. The van der Waals surface area contributed by atoms with E-state index in [0.29, 0.717) is 38.7 Å². The molecule has 198 valence electrons. The predicted molar refractivity (Wildman–Crippen MR) is 151 cm³/mol. The molecule has 1 N–H and O–H groups in total. The molecule has 0 radical (unpaired) electrons. The Morgan fingerprint density at radius 1 is 1.13 bits per heavy atom. The molecule has 4 rings (SSSR count). The first-order valence-electron chi connectivity index (χ1n) is 11.8. The molecule has 0 bridgehead atoms. The molecule has 11 heteroatoms. The first kappa shape index (κ1) is 27.7. The van der Waals surface area contributed by atoms with Gasteiger partial charge >= 0.3 is 5.97 Å². The van der Waals surface area contributed by atoms with Crippen molar-refractivity contribution in [3.8, 4) is 16.9 Å². The summed E-state index contributed by atoms with van der Waals surface area (Å²) >= 11 is 8.53. The third kappa shape index (κ3) is 6.20. The highest BCUT2D eigenvalue weighted by atomic mass is 35.5. The normalized spacial score (nSPS) is 10.9. The number of methoxy groups -OCH3 is 1. The van der Waals surface area contributed by atoms with E-state index >= 15 is 0 Å². The Morgan fingerprint density at radius 2 is 1.89 bits per heavy atom. The number of rotatable bonds is 10. The van der Waals surface area contributed by atoms with Crippen LogP contribution in [-0.2, 0) is 22.7 Å². The number of amides is 1. The van der Waals surface area contributed by atoms with Gasteiger partial charge in [-0.2, -0.15) is 0 Å². The minimum Gasteiger partial charge on any atom is -0.485 e. The summed E-state index contributed by atoms with van der Waals surface area (Å²) in [4.78, 5) is 25.4. The maximum atomic E-state index is 12.8. The Hall–Kier alpha value is -3.34. The van der Waals surface area contributed by atoms with Gasteiger partial charge in [-0.15, -0.1) is 21.5 Å². The van der Waals surface area contributed by atoms with E-state index in [1.165, 1.54) is 30.2 Å². The first-order chi connectivity index (χ1) is 18.3. The van der Waals surface area contributed by atoms with Crippen LogP contribution >= 0.6 is 34.7 Å². The molecule has 0 aliphatic rings. The quantitative estimate of drug-likeness (QED) is 0.174. The lowest BCUT2D eigenvalue weighted by Gasteiger charge is -2.12. The van der Waals surface area contributed by atoms with Gasteiger partial charge in [-0.25, -0.2) is 4.79 Å². The molecule has 0 spiro atoms. The highest BCUT2D eigenvalue weighted by Crippen LogP contribution is 2.36. The summed E-state index contributed by atoms with van der Waals surface area (Å²) in [6.45, 7) is 6.95. The van der Waals surface area contributed by atoms with Crippen LogP contribution in [-0.4, -0.2) is 39.5 Å². The molecule has 4 aromatic rings. The number of nitrogens with zero attached hydrogens (tertiary/aromatic N) is 3. The number of halogens is 1. The average molecular weight is 571 g/mol. The zero-order chi connectivity index (χ0) is 27.2. The lowest BCUT2D eigenvalue weighted by atomic mass is 10.0. The van der Waals surface area contributed by atoms with Crippen molar-refractivity contribution in [1.29, 1.82) is 0 Å². The second-order valence-electron chi connectivity index (χ2n) is 8.32. The second-order valence-corrected chi connectivity index (χ2v) is 10.6. The number of anilines is 1. The number of benzene rings is 2. The molecule has 38 heavy (non-hydrogen) atoms. The van der Waals surface area contributed by atoms with Gasteiger partial charge in [0.05, 0.1) is 12.9 Å². The fraction of sp³-hybridized carbons (Fsp3) is 0.259. The molecular formula is C27H27ClN4O4S2. The Labute approximate surface area is 234 Å². The fourth-order valence-corrected chi connectivity index (χ4v) is 5.68. The molecule has 0 saturated heterocycles. The summed E-state index contributed by atoms with van der Waals surface area (Å²) in [7, 11) is 1.31. The molecule has 0 aliphatic heterocycles. The van der Waals surface area contributed by atoms with Crippen molar-refractivity contribution in [1.82, 2.24) is 14.8 Å². The second kappa shape index (κ2) is 12.5. The molecule has 0 aliphatic carbocycles. The lowest BCUT2D eigenvalue weighted by Crippen LogP contribution is -2.16. The van der Waals surface area contributed by atoms with Crippen molar-refractivity contribution < 1.29 is 19.1 Å². The van der Waals surface area contributed by atoms with Crippen molar-refractivity contribution in [3.05, 3.63) is 75.4 Å². The number of carbonyl (C=O) groups excluding carboxylic acids is 2. The third-order valence-corrected chi connectivity index (χ3v) is 8.06. The summed E-state index contributed by atoms with van der Waals surface area (Å²) in [6.07, 6.45) is 0. The number of carbonyl (C=O) groups is 2. The molecular weight excluding hydrogens is 544 g/mol. The number of esters is 1. The van der Waals surface area contributed by atoms with Gasteiger partial charge in [-0.05, 0) is 55.7 Å². The van der Waals surface area contributed by atoms with E-state index in [0.717, 1.165) is 22.4 Å². The molecule has 1 amide bonds. The monoisotopic (exact) mass is 570 g/mol. The van der Waals surface area contributed by atoms with Crippen LogP contribution in [0.5, 0.6) is 5.75 Å². The predicted octanol–water partition coefficient (Wildman–Crippen LogP) is 6.39. The van der Waals surface area contributed by atoms with E-state index in [2.05, 4.69) is 15.5 Å². The number of hydrogen-bond donors (Lipinski definition) is 1. The Balaban J connectivity index is 1.43. The van der Waals surface area contributed by atoms with E-state index in [4.69, 9.17) is 21.1 Å². The minimum atomic E-state index is -0.529. The standard InChI is InChI=1S/C27H27ClN4O4S2/c1-5-32-22(13-36-21-8-6-7-16(2)17(21)3)30-31-27(32)38-15-23(33)29-25-24(26(34)35-4)20(14-37-25)18-9-11-19(28)12-10-18/h6-12,14H,5,13,15H2,1-4H3,(H,29,33). The van der Waals surface area contributed by atoms with Crippen LogP contribution in [0.25, 0.3) is 11.1 Å². The summed E-state index contributed by atoms with van der Waals surface area (Å²) in [5, 5.41) is 14.8. The van der Waals surface area contributed by atoms with Gasteiger partial charge in [0.1, 0.15) is 22.9 Å². The summed E-state index contributed by atoms with van der Waals surface area (Å²) < 4.78 is 12.9. The summed E-state index contributed by atoms with van der Waals surface area (Å²) in [5.41, 5.74) is 4.01. The van der Waals surface area contributed by atoms with Gasteiger partial charge in [0.25, 0.3) is 0 Å². The number of nitrogens with one attached hydrogen (secondary N) is 1. The average Bonchev–Trinajstić information content (AvgIpc) is 3.51. The van der Waals surface area contributed by atoms with Gasteiger partial charge in [0.2, 0.25) is 5.91 Å². The van der Waals surface area contributed by atoms with Gasteiger partial charge in [-0.3, -0.25) is 4.79 Å². The molecule has 2 aromatic carbocycles. The molecule has 0 atom stereocenters. The van der Waals surface area contributed by atoms with Crippen LogP contribution in [0.15, 0.2) is 53.0 Å². The summed E-state index contributed by atoms with van der Waals surface area (Å²) in [5.74, 6) is 0.765. The first-order valence-corrected chi connectivity index (χ1v) is 14.1. The maximum absolute atomic E-state index is 12.8. The number of thiophene rings is 1. The summed E-state index contributed by atoms with van der Waals surface area (Å²) in [6, 6.07) is 13.1. The molecule has 8 nitrogen and oxygen atoms in total. The Morgan fingerprint density at radius 3 is 2.61 bits per heavy atom. The van der Waals surface area contributed by atoms with Gasteiger partial charge in [0, 0.05) is 22.5 Å². The van der Waals surface area contributed by atoms with E-state index in [-0.39, 0.29) is 18.3 Å². The van der Waals surface area contributed by atoms with Crippen molar-refractivity contribution in [2.24, 2.45) is 0 Å². The van der Waals surface area contributed by atoms with Crippen molar-refractivity contribution in [2.75, 3.05) is 18.2 Å². The molecule has 0 saturated carbocycles. The smallest absolute Gasteiger partial charge is 0.341 e. The molecule has 0 fully saturated rings. The minimum absolute atomic E-state index is 0.0881. The van der Waals surface area contributed by atoms with E-state index < -0.39 is 5.97 Å². The zero-order valence-corrected chi connectivity index (χ0v) is 23.8. The van der Waals surface area contributed by atoms with Crippen LogP contribution in [0.2, 0.25) is 5.02 Å². The van der Waals surface area contributed by atoms with Crippen LogP contribution < -0.4 is 10.1 Å². The number of thioether (sulfide) groups is 1. The highest BCUT2D eigenvalue weighted by molar-refractivity contribution is 7.99. The van der Waals surface area contributed by atoms with E-state index in [1.54, 1.807) is 12.1 Å². The van der Waals surface area contributed by atoms with Gasteiger partial charge in [0.15, 0.2) is 11.0 Å². The molecule has 2 aromatic heterocycles. The highest BCUT2D eigenvalue weighted by Gasteiger charge is 2.23. The molecule has 0 unspecified atom stereocenters. The number of aryl methyl sites for hydroxylation is 1. The maximum Gasteiger partial charge on any atom is 0.341 e. The van der Waals surface area contributed by atoms with Crippen molar-refractivity contribution in [3.63, 3.8) is 0 Å². The number of hydrogen-bond acceptors (Lipinski definition) is 8. The SMILES string of the molecule is CCn1c(COc2cccc(C)c2C)nnc1SCC(=O)Nc1scc(-c2ccc(Cl)cc2)c1C(=O)OC. The zero-order valence-electron chi connectivity index (χ0n) is 21.4. The van der Waals surface area contributed by atoms with Gasteiger partial charge in [-0.1, -0.05) is 47.6 Å². The van der Waals surface area contributed by atoms with Crippen LogP contribution in [0.4, 0.5) is 5.00 Å². The third-order valence-electron chi connectivity index (χ3n) is 5.94. The number of aromatic nitrogens is 3. The number of ether oxygens (including phenoxy) is 2. The van der Waals surface area contributed by atoms with E-state index in [1.807, 2.05) is 61.1 Å². The Kier molecular flexibility index (Phi) is 9.09. The van der Waals surface area contributed by atoms with Crippen LogP contribution in [0, 0.1) is 13.8 Å².